The van der Waals surface area contributed by atoms with Gasteiger partial charge < -0.3 is 10.3 Å². The molecule has 0 aliphatic rings. The van der Waals surface area contributed by atoms with Crippen LogP contribution in [0.5, 0.6) is 0 Å². The maximum absolute atomic E-state index is 4.36. The lowest BCUT2D eigenvalue weighted by Crippen LogP contribution is -2.05. The lowest BCUT2D eigenvalue weighted by molar-refractivity contribution is 0.911. The lowest BCUT2D eigenvalue weighted by atomic mass is 10.4. The highest BCUT2D eigenvalue weighted by Gasteiger charge is 2.01. The summed E-state index contributed by atoms with van der Waals surface area (Å²) >= 11 is 3.36. The van der Waals surface area contributed by atoms with Crippen LogP contribution < -0.4 is 5.32 Å². The molecule has 5 nitrogen and oxygen atoms in total. The van der Waals surface area contributed by atoms with Gasteiger partial charge in [0.25, 0.3) is 0 Å². The molecule has 0 spiro atoms. The van der Waals surface area contributed by atoms with Gasteiger partial charge in [-0.2, -0.15) is 0 Å². The zero-order valence-electron chi connectivity index (χ0n) is 8.87. The predicted octanol–water partition coefficient (Wildman–Crippen LogP) is 2.14. The van der Waals surface area contributed by atoms with Crippen LogP contribution in [0.25, 0.3) is 0 Å². The third kappa shape index (κ3) is 2.79. The van der Waals surface area contributed by atoms with Crippen molar-refractivity contribution in [3.63, 3.8) is 0 Å². The largest absolute Gasteiger partial charge is 0.363 e. The van der Waals surface area contributed by atoms with Gasteiger partial charge in [-0.15, -0.1) is 0 Å². The summed E-state index contributed by atoms with van der Waals surface area (Å²) in [5, 5.41) is 3.19. The van der Waals surface area contributed by atoms with Crippen LogP contribution in [0, 0.1) is 0 Å². The van der Waals surface area contributed by atoms with Gasteiger partial charge in [0.1, 0.15) is 22.1 Å². The van der Waals surface area contributed by atoms with Gasteiger partial charge in [0.2, 0.25) is 0 Å². The topological polar surface area (TPSA) is 66.5 Å². The van der Waals surface area contributed by atoms with Crippen LogP contribution in [-0.2, 0) is 13.0 Å². The first-order chi connectivity index (χ1) is 7.78. The Morgan fingerprint density at radius 3 is 3.00 bits per heavy atom. The van der Waals surface area contributed by atoms with Crippen LogP contribution in [0.1, 0.15) is 18.6 Å². The van der Waals surface area contributed by atoms with Crippen LogP contribution >= 0.6 is 15.9 Å². The van der Waals surface area contributed by atoms with Crippen LogP contribution in [0.15, 0.2) is 23.1 Å². The van der Waals surface area contributed by atoms with Gasteiger partial charge in [0.15, 0.2) is 0 Å². The molecule has 0 fully saturated rings. The summed E-state index contributed by atoms with van der Waals surface area (Å²) in [5.41, 5.74) is 0. The number of aromatic amines is 1. The molecule has 0 atom stereocenters. The fourth-order valence-corrected chi connectivity index (χ4v) is 1.70. The molecule has 2 aromatic rings. The first-order valence-corrected chi connectivity index (χ1v) is 5.83. The number of nitrogens with zero attached hydrogens (tertiary/aromatic N) is 3. The van der Waals surface area contributed by atoms with Gasteiger partial charge in [-0.05, 0) is 15.9 Å². The molecule has 0 aliphatic heterocycles. The fourth-order valence-electron chi connectivity index (χ4n) is 1.28. The van der Waals surface area contributed by atoms with E-state index in [0.29, 0.717) is 6.54 Å². The average molecular weight is 282 g/mol. The van der Waals surface area contributed by atoms with E-state index in [1.807, 2.05) is 13.0 Å². The van der Waals surface area contributed by atoms with Gasteiger partial charge in [-0.3, -0.25) is 0 Å². The highest BCUT2D eigenvalue weighted by molar-refractivity contribution is 9.10. The van der Waals surface area contributed by atoms with Gasteiger partial charge in [-0.1, -0.05) is 6.92 Å². The minimum atomic E-state index is 0.625. The number of nitrogens with one attached hydrogen (secondary N) is 2. The highest BCUT2D eigenvalue weighted by atomic mass is 79.9. The number of aromatic nitrogens is 4. The van der Waals surface area contributed by atoms with E-state index in [1.165, 1.54) is 0 Å². The number of anilines is 1. The zero-order chi connectivity index (χ0) is 11.4. The Morgan fingerprint density at radius 2 is 2.31 bits per heavy atom. The summed E-state index contributed by atoms with van der Waals surface area (Å²) in [6.07, 6.45) is 4.34. The van der Waals surface area contributed by atoms with Crippen molar-refractivity contribution in [2.45, 2.75) is 19.9 Å². The summed E-state index contributed by atoms with van der Waals surface area (Å²) in [7, 11) is 0. The first kappa shape index (κ1) is 11.1. The highest BCUT2D eigenvalue weighted by Crippen LogP contribution is 2.13. The monoisotopic (exact) mass is 281 g/mol. The molecular formula is C10H12BrN5. The lowest BCUT2D eigenvalue weighted by Gasteiger charge is -2.05. The van der Waals surface area contributed by atoms with E-state index in [2.05, 4.69) is 41.2 Å². The third-order valence-electron chi connectivity index (χ3n) is 2.05. The Morgan fingerprint density at radius 1 is 1.44 bits per heavy atom. The van der Waals surface area contributed by atoms with E-state index < -0.39 is 0 Å². The van der Waals surface area contributed by atoms with Crippen molar-refractivity contribution < 1.29 is 0 Å². The SMILES string of the molecule is CCc1nc(Br)cc(NCc2ncc[nH]2)n1. The van der Waals surface area contributed by atoms with E-state index in [1.54, 1.807) is 12.4 Å². The quantitative estimate of drug-likeness (QED) is 0.843. The third-order valence-corrected chi connectivity index (χ3v) is 2.46. The second-order valence-electron chi connectivity index (χ2n) is 3.24. The normalized spacial score (nSPS) is 10.4. The Balaban J connectivity index is 2.06. The van der Waals surface area contributed by atoms with E-state index in [4.69, 9.17) is 0 Å². The van der Waals surface area contributed by atoms with Crippen LogP contribution in [0.3, 0.4) is 0 Å². The summed E-state index contributed by atoms with van der Waals surface area (Å²) < 4.78 is 0.793. The van der Waals surface area contributed by atoms with Crippen LogP contribution in [-0.4, -0.2) is 19.9 Å². The molecule has 0 amide bonds. The smallest absolute Gasteiger partial charge is 0.131 e. The number of imidazole rings is 1. The van der Waals surface area contributed by atoms with E-state index in [9.17, 15) is 0 Å². The molecule has 2 rings (SSSR count). The van der Waals surface area contributed by atoms with Crippen molar-refractivity contribution in [3.05, 3.63) is 34.7 Å². The number of hydrogen-bond donors (Lipinski definition) is 2. The minimum absolute atomic E-state index is 0.625. The molecule has 0 aliphatic carbocycles. The number of hydrogen-bond acceptors (Lipinski definition) is 4. The maximum Gasteiger partial charge on any atom is 0.131 e. The van der Waals surface area contributed by atoms with Gasteiger partial charge in [0, 0.05) is 24.9 Å². The second-order valence-corrected chi connectivity index (χ2v) is 4.05. The summed E-state index contributed by atoms with van der Waals surface area (Å²) in [6.45, 7) is 2.65. The van der Waals surface area contributed by atoms with Gasteiger partial charge >= 0.3 is 0 Å². The molecule has 16 heavy (non-hydrogen) atoms. The van der Waals surface area contributed by atoms with E-state index in [-0.39, 0.29) is 0 Å². The molecule has 2 aromatic heterocycles. The molecule has 0 saturated carbocycles. The summed E-state index contributed by atoms with van der Waals surface area (Å²) in [4.78, 5) is 15.7. The minimum Gasteiger partial charge on any atom is -0.363 e. The second kappa shape index (κ2) is 5.07. The molecule has 0 bridgehead atoms. The molecule has 2 heterocycles. The van der Waals surface area contributed by atoms with E-state index in [0.717, 1.165) is 28.5 Å². The molecule has 2 N–H and O–H groups in total. The molecule has 84 valence electrons. The summed E-state index contributed by atoms with van der Waals surface area (Å²) in [5.74, 6) is 2.50. The number of halogens is 1. The Hall–Kier alpha value is -1.43. The Bertz CT molecular complexity index is 454. The van der Waals surface area contributed by atoms with Crippen molar-refractivity contribution in [2.24, 2.45) is 0 Å². The van der Waals surface area contributed by atoms with Gasteiger partial charge in [0.05, 0.1) is 6.54 Å². The Labute approximate surface area is 102 Å². The average Bonchev–Trinajstić information content (AvgIpc) is 2.78. The fraction of sp³-hybridized carbons (Fsp3) is 0.300. The molecule has 6 heteroatoms. The van der Waals surface area contributed by atoms with Crippen molar-refractivity contribution in [1.82, 2.24) is 19.9 Å². The first-order valence-electron chi connectivity index (χ1n) is 5.03. The van der Waals surface area contributed by atoms with Crippen molar-refractivity contribution in [3.8, 4) is 0 Å². The Kier molecular flexibility index (Phi) is 3.51. The van der Waals surface area contributed by atoms with Crippen LogP contribution in [0.4, 0.5) is 5.82 Å². The molecule has 0 aromatic carbocycles. The molecule has 0 unspecified atom stereocenters. The number of rotatable bonds is 4. The molecular weight excluding hydrogens is 270 g/mol. The molecule has 0 radical (unpaired) electrons. The summed E-state index contributed by atoms with van der Waals surface area (Å²) in [6, 6.07) is 1.85. The van der Waals surface area contributed by atoms with Crippen molar-refractivity contribution in [1.29, 1.82) is 0 Å². The predicted molar refractivity (Wildman–Crippen MR) is 65.0 cm³/mol. The maximum atomic E-state index is 4.36. The van der Waals surface area contributed by atoms with Crippen molar-refractivity contribution in [2.75, 3.05) is 5.32 Å². The van der Waals surface area contributed by atoms with Crippen molar-refractivity contribution >= 4 is 21.7 Å². The zero-order valence-corrected chi connectivity index (χ0v) is 10.5. The van der Waals surface area contributed by atoms with E-state index >= 15 is 0 Å². The number of aryl methyl sites for hydroxylation is 1. The standard InChI is InChI=1S/C10H12BrN5/c1-2-8-15-7(11)5-9(16-8)14-6-10-12-3-4-13-10/h3-5H,2,6H2,1H3,(H,12,13)(H,14,15,16). The molecule has 0 saturated heterocycles. The van der Waals surface area contributed by atoms with Crippen LogP contribution in [0.2, 0.25) is 0 Å². The van der Waals surface area contributed by atoms with Gasteiger partial charge in [-0.25, -0.2) is 15.0 Å². The number of H-pyrrole nitrogens is 1.